The van der Waals surface area contributed by atoms with Crippen molar-refractivity contribution in [1.29, 1.82) is 0 Å². The normalized spacial score (nSPS) is 17.3. The lowest BCUT2D eigenvalue weighted by atomic mass is 10.1. The van der Waals surface area contributed by atoms with E-state index in [0.29, 0.717) is 39.0 Å². The zero-order valence-corrected chi connectivity index (χ0v) is 13.8. The number of rotatable bonds is 3. The molecule has 1 aliphatic heterocycles. The largest absolute Gasteiger partial charge is 0.345 e. The Hall–Kier alpha value is -1.93. The van der Waals surface area contributed by atoms with E-state index in [1.54, 1.807) is 11.2 Å². The lowest BCUT2D eigenvalue weighted by Gasteiger charge is -2.21. The molecule has 7 nitrogen and oxygen atoms in total. The molecule has 1 fully saturated rings. The maximum atomic E-state index is 12.5. The van der Waals surface area contributed by atoms with Gasteiger partial charge in [0.1, 0.15) is 0 Å². The average Bonchev–Trinajstić information content (AvgIpc) is 2.79. The van der Waals surface area contributed by atoms with Crippen molar-refractivity contribution in [2.24, 2.45) is 0 Å². The molecule has 1 amide bonds. The van der Waals surface area contributed by atoms with Crippen molar-refractivity contribution in [3.63, 3.8) is 0 Å². The fourth-order valence-corrected chi connectivity index (χ4v) is 3.73. The highest BCUT2D eigenvalue weighted by Gasteiger charge is 2.23. The number of aromatic amines is 1. The summed E-state index contributed by atoms with van der Waals surface area (Å²) in [4.78, 5) is 21.4. The first-order valence-electron chi connectivity index (χ1n) is 7.58. The van der Waals surface area contributed by atoms with E-state index >= 15 is 0 Å². The molecule has 2 heterocycles. The number of carbonyl (C=O) groups is 1. The minimum Gasteiger partial charge on any atom is -0.345 e. The van der Waals surface area contributed by atoms with E-state index in [2.05, 4.69) is 9.97 Å². The van der Waals surface area contributed by atoms with Gasteiger partial charge in [-0.2, -0.15) is 0 Å². The number of amides is 1. The molecule has 0 bridgehead atoms. The SMILES string of the molecule is CS(=O)(=O)N1CCCN(C(=O)Cc2ccc3nc[nH]c3c2)CC1. The second-order valence-corrected chi connectivity index (χ2v) is 7.81. The molecule has 0 atom stereocenters. The van der Waals surface area contributed by atoms with E-state index in [0.717, 1.165) is 16.6 Å². The van der Waals surface area contributed by atoms with Gasteiger partial charge in [0.05, 0.1) is 30.0 Å². The van der Waals surface area contributed by atoms with Crippen LogP contribution in [0.3, 0.4) is 0 Å². The predicted molar refractivity (Wildman–Crippen MR) is 87.4 cm³/mol. The van der Waals surface area contributed by atoms with E-state index in [9.17, 15) is 13.2 Å². The summed E-state index contributed by atoms with van der Waals surface area (Å²) in [5.74, 6) is 0.0271. The van der Waals surface area contributed by atoms with Gasteiger partial charge in [0.2, 0.25) is 15.9 Å². The van der Waals surface area contributed by atoms with Crippen LogP contribution in [-0.4, -0.2) is 65.9 Å². The average molecular weight is 336 g/mol. The van der Waals surface area contributed by atoms with Crippen LogP contribution in [0.4, 0.5) is 0 Å². The zero-order valence-electron chi connectivity index (χ0n) is 13.0. The van der Waals surface area contributed by atoms with E-state index in [-0.39, 0.29) is 5.91 Å². The zero-order chi connectivity index (χ0) is 16.4. The molecule has 1 aromatic carbocycles. The van der Waals surface area contributed by atoms with Gasteiger partial charge in [0.15, 0.2) is 0 Å². The van der Waals surface area contributed by atoms with E-state index in [4.69, 9.17) is 0 Å². The summed E-state index contributed by atoms with van der Waals surface area (Å²) in [6.07, 6.45) is 3.82. The third-order valence-electron chi connectivity index (χ3n) is 4.12. The van der Waals surface area contributed by atoms with Gasteiger partial charge in [-0.15, -0.1) is 0 Å². The molecule has 1 aromatic heterocycles. The van der Waals surface area contributed by atoms with Gasteiger partial charge in [-0.05, 0) is 24.1 Å². The van der Waals surface area contributed by atoms with Crippen LogP contribution in [0.2, 0.25) is 0 Å². The lowest BCUT2D eigenvalue weighted by molar-refractivity contribution is -0.130. The van der Waals surface area contributed by atoms with Crippen molar-refractivity contribution in [2.45, 2.75) is 12.8 Å². The number of aromatic nitrogens is 2. The number of carbonyl (C=O) groups excluding carboxylic acids is 1. The van der Waals surface area contributed by atoms with Crippen LogP contribution in [0.1, 0.15) is 12.0 Å². The van der Waals surface area contributed by atoms with Crippen LogP contribution in [-0.2, 0) is 21.2 Å². The number of H-pyrrole nitrogens is 1. The highest BCUT2D eigenvalue weighted by molar-refractivity contribution is 7.88. The molecule has 0 spiro atoms. The first-order valence-corrected chi connectivity index (χ1v) is 9.43. The van der Waals surface area contributed by atoms with Gasteiger partial charge in [-0.25, -0.2) is 17.7 Å². The molecule has 1 aliphatic rings. The smallest absolute Gasteiger partial charge is 0.227 e. The Morgan fingerprint density at radius 2 is 2.09 bits per heavy atom. The first-order chi connectivity index (χ1) is 10.9. The maximum absolute atomic E-state index is 12.5. The second-order valence-electron chi connectivity index (χ2n) is 5.83. The summed E-state index contributed by atoms with van der Waals surface area (Å²) in [7, 11) is -3.19. The number of nitrogens with zero attached hydrogens (tertiary/aromatic N) is 3. The Bertz CT molecular complexity index is 815. The van der Waals surface area contributed by atoms with Crippen molar-refractivity contribution >= 4 is 27.0 Å². The monoisotopic (exact) mass is 336 g/mol. The third kappa shape index (κ3) is 3.70. The molecule has 1 saturated heterocycles. The van der Waals surface area contributed by atoms with Crippen LogP contribution >= 0.6 is 0 Å². The Kier molecular flexibility index (Phi) is 4.36. The minimum atomic E-state index is -3.19. The van der Waals surface area contributed by atoms with Crippen molar-refractivity contribution in [1.82, 2.24) is 19.2 Å². The van der Waals surface area contributed by atoms with E-state index < -0.39 is 10.0 Å². The molecule has 0 saturated carbocycles. The Morgan fingerprint density at radius 1 is 1.26 bits per heavy atom. The van der Waals surface area contributed by atoms with Crippen LogP contribution in [0.5, 0.6) is 0 Å². The minimum absolute atomic E-state index is 0.0271. The van der Waals surface area contributed by atoms with Crippen molar-refractivity contribution in [2.75, 3.05) is 32.4 Å². The van der Waals surface area contributed by atoms with Crippen LogP contribution < -0.4 is 0 Å². The molecule has 2 aromatic rings. The first kappa shape index (κ1) is 15.9. The van der Waals surface area contributed by atoms with Gasteiger partial charge in [-0.3, -0.25) is 4.79 Å². The standard InChI is InChI=1S/C15H20N4O3S/c1-23(21,22)19-6-2-5-18(7-8-19)15(20)10-12-3-4-13-14(9-12)17-11-16-13/h3-4,9,11H,2,5-8,10H2,1H3,(H,16,17). The fraction of sp³-hybridized carbons (Fsp3) is 0.467. The highest BCUT2D eigenvalue weighted by atomic mass is 32.2. The molecule has 0 radical (unpaired) electrons. The van der Waals surface area contributed by atoms with Gasteiger partial charge in [0, 0.05) is 26.2 Å². The van der Waals surface area contributed by atoms with Crippen LogP contribution in [0, 0.1) is 0 Å². The summed E-state index contributed by atoms with van der Waals surface area (Å²) in [5, 5.41) is 0. The Morgan fingerprint density at radius 3 is 2.87 bits per heavy atom. The quantitative estimate of drug-likeness (QED) is 0.889. The molecule has 0 unspecified atom stereocenters. The maximum Gasteiger partial charge on any atom is 0.227 e. The number of hydrogen-bond donors (Lipinski definition) is 1. The summed E-state index contributed by atoms with van der Waals surface area (Å²) < 4.78 is 24.7. The number of benzene rings is 1. The predicted octanol–water partition coefficient (Wildman–Crippen LogP) is 0.599. The number of nitrogens with one attached hydrogen (secondary N) is 1. The number of fused-ring (bicyclic) bond motifs is 1. The molecule has 1 N–H and O–H groups in total. The van der Waals surface area contributed by atoms with E-state index in [1.807, 2.05) is 18.2 Å². The van der Waals surface area contributed by atoms with Crippen molar-refractivity contribution in [3.8, 4) is 0 Å². The number of imidazole rings is 1. The fourth-order valence-electron chi connectivity index (χ4n) is 2.85. The second kappa shape index (κ2) is 6.29. The van der Waals surface area contributed by atoms with E-state index in [1.165, 1.54) is 10.6 Å². The lowest BCUT2D eigenvalue weighted by Crippen LogP contribution is -2.37. The highest BCUT2D eigenvalue weighted by Crippen LogP contribution is 2.14. The van der Waals surface area contributed by atoms with Gasteiger partial charge in [0.25, 0.3) is 0 Å². The molecular formula is C15H20N4O3S. The Labute approximate surface area is 135 Å². The Balaban J connectivity index is 1.66. The summed E-state index contributed by atoms with van der Waals surface area (Å²) in [6.45, 7) is 1.88. The van der Waals surface area contributed by atoms with Crippen LogP contribution in [0.25, 0.3) is 11.0 Å². The topological polar surface area (TPSA) is 86.4 Å². The van der Waals surface area contributed by atoms with Gasteiger partial charge in [-0.1, -0.05) is 6.07 Å². The molecule has 0 aliphatic carbocycles. The molecule has 23 heavy (non-hydrogen) atoms. The van der Waals surface area contributed by atoms with Gasteiger partial charge < -0.3 is 9.88 Å². The summed E-state index contributed by atoms with van der Waals surface area (Å²) in [5.41, 5.74) is 2.71. The molecule has 3 rings (SSSR count). The van der Waals surface area contributed by atoms with Crippen LogP contribution in [0.15, 0.2) is 24.5 Å². The van der Waals surface area contributed by atoms with Crippen molar-refractivity contribution < 1.29 is 13.2 Å². The van der Waals surface area contributed by atoms with Gasteiger partial charge >= 0.3 is 0 Å². The summed E-state index contributed by atoms with van der Waals surface area (Å²) >= 11 is 0. The molecule has 124 valence electrons. The third-order valence-corrected chi connectivity index (χ3v) is 5.42. The number of hydrogen-bond acceptors (Lipinski definition) is 4. The van der Waals surface area contributed by atoms with Crippen molar-refractivity contribution in [3.05, 3.63) is 30.1 Å². The summed E-state index contributed by atoms with van der Waals surface area (Å²) in [6, 6.07) is 5.73. The molecular weight excluding hydrogens is 316 g/mol. The number of sulfonamides is 1. The molecule has 8 heteroatoms.